The molecule has 0 heterocycles. The fourth-order valence-electron chi connectivity index (χ4n) is 2.63. The molecule has 2 saturated carbocycles. The Balaban J connectivity index is 0.000000149. The average Bonchev–Trinajstić information content (AvgIpc) is 2.67. The summed E-state index contributed by atoms with van der Waals surface area (Å²) in [6, 6.07) is 0. The largest absolute Gasteiger partial charge is 0.428 e. The van der Waals surface area contributed by atoms with Crippen LogP contribution in [0.2, 0.25) is 0 Å². The van der Waals surface area contributed by atoms with Crippen LogP contribution in [0.5, 0.6) is 0 Å². The number of ether oxygens (including phenoxy) is 1. The van der Waals surface area contributed by atoms with Gasteiger partial charge in [0.2, 0.25) is 0 Å². The number of nitrogens with zero attached hydrogens (tertiary/aromatic N) is 1. The van der Waals surface area contributed by atoms with E-state index < -0.39 is 0 Å². The van der Waals surface area contributed by atoms with E-state index in [0.717, 1.165) is 17.8 Å². The molecule has 0 amide bonds. The van der Waals surface area contributed by atoms with E-state index in [4.69, 9.17) is 5.26 Å². The minimum atomic E-state index is 0.483. The Labute approximate surface area is 80.9 Å². The van der Waals surface area contributed by atoms with E-state index >= 15 is 0 Å². The van der Waals surface area contributed by atoms with Crippen LogP contribution < -0.4 is 0 Å². The molecule has 3 atom stereocenters. The maximum atomic E-state index is 7.59. The first-order valence-corrected chi connectivity index (χ1v) is 5.28. The molecule has 2 fully saturated rings. The fraction of sp³-hybridized carbons (Fsp3) is 0.909. The third-order valence-electron chi connectivity index (χ3n) is 3.30. The zero-order valence-corrected chi connectivity index (χ0v) is 8.62. The smallest absolute Gasteiger partial charge is 0.286 e. The molecule has 13 heavy (non-hydrogen) atoms. The summed E-state index contributed by atoms with van der Waals surface area (Å²) in [7, 11) is 0. The van der Waals surface area contributed by atoms with Crippen LogP contribution in [0, 0.1) is 29.3 Å². The lowest BCUT2D eigenvalue weighted by atomic mass is 9.91. The monoisotopic (exact) mass is 181 g/mol. The van der Waals surface area contributed by atoms with Crippen LogP contribution in [0.3, 0.4) is 0 Å². The molecule has 0 radical (unpaired) electrons. The quantitative estimate of drug-likeness (QED) is 0.583. The summed E-state index contributed by atoms with van der Waals surface area (Å²) in [5.74, 6) is 3.36. The minimum absolute atomic E-state index is 0.483. The first kappa shape index (κ1) is 10.4. The van der Waals surface area contributed by atoms with Gasteiger partial charge in [-0.25, -0.2) is 0 Å². The molecule has 2 nitrogen and oxygen atoms in total. The molecule has 0 N–H and O–H groups in total. The average molecular weight is 181 g/mol. The normalized spacial score (nSPS) is 34.7. The number of fused-ring (bicyclic) bond motifs is 2. The van der Waals surface area contributed by atoms with Crippen molar-refractivity contribution in [3.05, 3.63) is 0 Å². The zero-order chi connectivity index (χ0) is 9.68. The van der Waals surface area contributed by atoms with Crippen molar-refractivity contribution in [2.24, 2.45) is 17.8 Å². The molecule has 0 saturated heterocycles. The van der Waals surface area contributed by atoms with Crippen molar-refractivity contribution in [2.75, 3.05) is 6.61 Å². The van der Waals surface area contributed by atoms with Crippen molar-refractivity contribution in [2.45, 2.75) is 39.5 Å². The topological polar surface area (TPSA) is 33.0 Å². The van der Waals surface area contributed by atoms with Crippen LogP contribution in [-0.4, -0.2) is 6.61 Å². The summed E-state index contributed by atoms with van der Waals surface area (Å²) < 4.78 is 4.14. The summed E-state index contributed by atoms with van der Waals surface area (Å²) in [4.78, 5) is 0. The Morgan fingerprint density at radius 2 is 2.15 bits per heavy atom. The Kier molecular flexibility index (Phi) is 4.08. The van der Waals surface area contributed by atoms with E-state index in [1.165, 1.54) is 6.26 Å². The third kappa shape index (κ3) is 2.91. The highest BCUT2D eigenvalue weighted by atomic mass is 16.5. The van der Waals surface area contributed by atoms with E-state index in [-0.39, 0.29) is 0 Å². The number of hydrogen-bond donors (Lipinski definition) is 0. The van der Waals surface area contributed by atoms with Gasteiger partial charge in [-0.3, -0.25) is 0 Å². The fourth-order valence-corrected chi connectivity index (χ4v) is 2.63. The Hall–Kier alpha value is -0.710. The molecule has 2 aliphatic carbocycles. The van der Waals surface area contributed by atoms with E-state index in [1.54, 1.807) is 32.6 Å². The lowest BCUT2D eigenvalue weighted by Crippen LogP contribution is -2.04. The number of rotatable bonds is 1. The Bertz CT molecular complexity index is 183. The van der Waals surface area contributed by atoms with Crippen LogP contribution >= 0.6 is 0 Å². The molecule has 2 bridgehead atoms. The molecule has 2 aliphatic rings. The molecule has 0 aromatic heterocycles. The first-order valence-electron chi connectivity index (χ1n) is 5.28. The van der Waals surface area contributed by atoms with Crippen molar-refractivity contribution >= 4 is 0 Å². The second kappa shape index (κ2) is 5.11. The van der Waals surface area contributed by atoms with Gasteiger partial charge in [0.05, 0.1) is 6.61 Å². The van der Waals surface area contributed by atoms with Crippen LogP contribution in [0.15, 0.2) is 0 Å². The Morgan fingerprint density at radius 1 is 1.38 bits per heavy atom. The van der Waals surface area contributed by atoms with Gasteiger partial charge >= 0.3 is 0 Å². The van der Waals surface area contributed by atoms with Gasteiger partial charge in [0.1, 0.15) is 0 Å². The minimum Gasteiger partial charge on any atom is -0.428 e. The van der Waals surface area contributed by atoms with E-state index in [9.17, 15) is 0 Å². The van der Waals surface area contributed by atoms with Gasteiger partial charge in [-0.2, -0.15) is 5.26 Å². The van der Waals surface area contributed by atoms with Crippen molar-refractivity contribution in [1.29, 1.82) is 5.26 Å². The molecule has 2 rings (SSSR count). The van der Waals surface area contributed by atoms with Crippen molar-refractivity contribution in [3.8, 4) is 6.26 Å². The van der Waals surface area contributed by atoms with Gasteiger partial charge in [-0.15, -0.1) is 0 Å². The third-order valence-corrected chi connectivity index (χ3v) is 3.30. The predicted octanol–water partition coefficient (Wildman–Crippen LogP) is 2.95. The highest BCUT2D eigenvalue weighted by Crippen LogP contribution is 2.47. The van der Waals surface area contributed by atoms with Gasteiger partial charge < -0.3 is 4.74 Å². The molecule has 0 aliphatic heterocycles. The number of nitriles is 1. The van der Waals surface area contributed by atoms with Gasteiger partial charge in [-0.1, -0.05) is 13.3 Å². The molecule has 0 spiro atoms. The molecule has 74 valence electrons. The maximum Gasteiger partial charge on any atom is 0.286 e. The highest BCUT2D eigenvalue weighted by Gasteiger charge is 2.36. The second-order valence-electron chi connectivity index (χ2n) is 4.18. The van der Waals surface area contributed by atoms with E-state index in [2.05, 4.69) is 11.7 Å². The zero-order valence-electron chi connectivity index (χ0n) is 8.62. The standard InChI is InChI=1S/C8H14.C3H5NO/c1-6-4-7-2-3-8(6)5-7;1-2-5-3-4/h6-8H,2-5H2,1H3;2H2,1H3. The van der Waals surface area contributed by atoms with Crippen LogP contribution in [0.25, 0.3) is 0 Å². The van der Waals surface area contributed by atoms with Crippen LogP contribution in [-0.2, 0) is 4.74 Å². The summed E-state index contributed by atoms with van der Waals surface area (Å²) in [6.45, 7) is 4.67. The van der Waals surface area contributed by atoms with E-state index in [1.807, 2.05) is 0 Å². The van der Waals surface area contributed by atoms with Crippen molar-refractivity contribution in [1.82, 2.24) is 0 Å². The summed E-state index contributed by atoms with van der Waals surface area (Å²) in [5, 5.41) is 7.59. The second-order valence-corrected chi connectivity index (χ2v) is 4.18. The molecule has 3 unspecified atom stereocenters. The maximum absolute atomic E-state index is 7.59. The Morgan fingerprint density at radius 3 is 2.31 bits per heavy atom. The lowest BCUT2D eigenvalue weighted by Gasteiger charge is -2.15. The van der Waals surface area contributed by atoms with Gasteiger partial charge in [0, 0.05) is 0 Å². The van der Waals surface area contributed by atoms with E-state index in [0.29, 0.717) is 6.61 Å². The summed E-state index contributed by atoms with van der Waals surface area (Å²) >= 11 is 0. The summed E-state index contributed by atoms with van der Waals surface area (Å²) in [6.07, 6.45) is 7.73. The van der Waals surface area contributed by atoms with Gasteiger partial charge in [0.25, 0.3) is 6.26 Å². The van der Waals surface area contributed by atoms with Crippen LogP contribution in [0.4, 0.5) is 0 Å². The summed E-state index contributed by atoms with van der Waals surface area (Å²) in [5.41, 5.74) is 0. The van der Waals surface area contributed by atoms with Crippen molar-refractivity contribution < 1.29 is 4.74 Å². The molecular weight excluding hydrogens is 162 g/mol. The molecule has 0 aromatic carbocycles. The van der Waals surface area contributed by atoms with Gasteiger partial charge in [-0.05, 0) is 43.9 Å². The highest BCUT2D eigenvalue weighted by molar-refractivity contribution is 4.87. The van der Waals surface area contributed by atoms with Crippen molar-refractivity contribution in [3.63, 3.8) is 0 Å². The molecule has 2 heteroatoms. The number of hydrogen-bond acceptors (Lipinski definition) is 2. The first-order chi connectivity index (χ1) is 6.27. The van der Waals surface area contributed by atoms with Gasteiger partial charge in [0.15, 0.2) is 0 Å². The SMILES string of the molecule is CC1CC2CCC1C2.CCOC#N. The predicted molar refractivity (Wildman–Crippen MR) is 51.9 cm³/mol. The lowest BCUT2D eigenvalue weighted by molar-refractivity contribution is 0.291. The molecule has 0 aromatic rings. The van der Waals surface area contributed by atoms with Crippen LogP contribution in [0.1, 0.15) is 39.5 Å². The molecular formula is C11H19NO.